The van der Waals surface area contributed by atoms with E-state index in [1.807, 2.05) is 0 Å². The maximum atomic E-state index is 12.6. The first-order chi connectivity index (χ1) is 11.7. The molecule has 0 aliphatic rings. The molecule has 11 heteroatoms. The third-order valence-electron chi connectivity index (χ3n) is 2.84. The van der Waals surface area contributed by atoms with E-state index in [1.165, 1.54) is 18.3 Å². The Balaban J connectivity index is 2.07. The summed E-state index contributed by atoms with van der Waals surface area (Å²) in [5.74, 6) is -0.526. The summed E-state index contributed by atoms with van der Waals surface area (Å²) < 4.78 is 37.9. The van der Waals surface area contributed by atoms with Crippen molar-refractivity contribution in [2.24, 2.45) is 0 Å². The fourth-order valence-electron chi connectivity index (χ4n) is 1.73. The predicted octanol–water partition coefficient (Wildman–Crippen LogP) is 4.39. The van der Waals surface area contributed by atoms with Crippen molar-refractivity contribution in [1.82, 2.24) is 4.98 Å². The lowest BCUT2D eigenvalue weighted by Crippen LogP contribution is -2.15. The van der Waals surface area contributed by atoms with Crippen LogP contribution in [0.3, 0.4) is 0 Å². The first-order valence-electron chi connectivity index (χ1n) is 6.56. The summed E-state index contributed by atoms with van der Waals surface area (Å²) in [7, 11) is 0. The van der Waals surface area contributed by atoms with Crippen LogP contribution in [-0.2, 0) is 11.0 Å². The first kappa shape index (κ1) is 19.0. The van der Waals surface area contributed by atoms with Gasteiger partial charge in [-0.05, 0) is 24.3 Å². The smallest absolute Gasteiger partial charge is 0.310 e. The van der Waals surface area contributed by atoms with E-state index in [0.29, 0.717) is 11.1 Å². The summed E-state index contributed by atoms with van der Waals surface area (Å²) in [4.78, 5) is 25.7. The third-order valence-corrected chi connectivity index (χ3v) is 4.12. The van der Waals surface area contributed by atoms with Crippen LogP contribution in [0.1, 0.15) is 5.56 Å². The minimum absolute atomic E-state index is 0.0442. The molecule has 0 aliphatic heterocycles. The van der Waals surface area contributed by atoms with E-state index in [4.69, 9.17) is 11.6 Å². The molecule has 0 aliphatic carbocycles. The number of benzene rings is 1. The van der Waals surface area contributed by atoms with E-state index in [9.17, 15) is 28.1 Å². The zero-order valence-corrected chi connectivity index (χ0v) is 13.8. The summed E-state index contributed by atoms with van der Waals surface area (Å²) in [5, 5.41) is 13.8. The van der Waals surface area contributed by atoms with Crippen molar-refractivity contribution in [2.45, 2.75) is 11.1 Å². The zero-order valence-electron chi connectivity index (χ0n) is 12.2. The van der Waals surface area contributed by atoms with Crippen molar-refractivity contribution >= 4 is 40.8 Å². The van der Waals surface area contributed by atoms with Crippen LogP contribution in [0, 0.1) is 10.1 Å². The largest absolute Gasteiger partial charge is 0.416 e. The van der Waals surface area contributed by atoms with Crippen LogP contribution in [0.2, 0.25) is 5.02 Å². The molecular weight excluding hydrogens is 383 g/mol. The molecule has 0 spiro atoms. The van der Waals surface area contributed by atoms with E-state index in [1.54, 1.807) is 0 Å². The van der Waals surface area contributed by atoms with Crippen LogP contribution in [-0.4, -0.2) is 21.6 Å². The van der Waals surface area contributed by atoms with Crippen LogP contribution >= 0.6 is 23.4 Å². The number of hydrogen-bond acceptors (Lipinski definition) is 5. The number of nitro benzene ring substituents is 1. The van der Waals surface area contributed by atoms with Gasteiger partial charge in [0.25, 0.3) is 5.69 Å². The van der Waals surface area contributed by atoms with Gasteiger partial charge in [0, 0.05) is 12.3 Å². The van der Waals surface area contributed by atoms with Gasteiger partial charge in [0.05, 0.1) is 26.2 Å². The number of anilines is 1. The van der Waals surface area contributed by atoms with Gasteiger partial charge in [-0.2, -0.15) is 13.2 Å². The van der Waals surface area contributed by atoms with Crippen molar-refractivity contribution < 1.29 is 22.9 Å². The molecular formula is C14H9ClF3N3O3S. The number of nitrogens with one attached hydrogen (secondary N) is 1. The maximum absolute atomic E-state index is 12.6. The maximum Gasteiger partial charge on any atom is 0.416 e. The van der Waals surface area contributed by atoms with Crippen LogP contribution < -0.4 is 5.32 Å². The lowest BCUT2D eigenvalue weighted by Gasteiger charge is -2.09. The summed E-state index contributed by atoms with van der Waals surface area (Å²) in [5.41, 5.74) is -1.84. The lowest BCUT2D eigenvalue weighted by molar-refractivity contribution is -0.388. The number of pyridine rings is 1. The number of amides is 1. The van der Waals surface area contributed by atoms with Gasteiger partial charge in [-0.1, -0.05) is 11.6 Å². The quantitative estimate of drug-likeness (QED) is 0.464. The number of rotatable bonds is 5. The molecule has 0 saturated heterocycles. The fourth-order valence-corrected chi connectivity index (χ4v) is 2.65. The Hall–Kier alpha value is -2.33. The molecule has 0 atom stereocenters. The van der Waals surface area contributed by atoms with Crippen LogP contribution in [0.5, 0.6) is 0 Å². The Morgan fingerprint density at radius 1 is 1.32 bits per heavy atom. The third kappa shape index (κ3) is 5.33. The molecule has 1 N–H and O–H groups in total. The number of nitro groups is 1. The van der Waals surface area contributed by atoms with Crippen LogP contribution in [0.4, 0.5) is 24.7 Å². The topological polar surface area (TPSA) is 85.1 Å². The molecule has 1 aromatic heterocycles. The Bertz CT molecular complexity index is 800. The summed E-state index contributed by atoms with van der Waals surface area (Å²) in [6, 6.07) is 5.12. The second-order valence-electron chi connectivity index (χ2n) is 4.64. The number of halogens is 4. The van der Waals surface area contributed by atoms with Gasteiger partial charge in [0.1, 0.15) is 5.82 Å². The van der Waals surface area contributed by atoms with Gasteiger partial charge in [-0.3, -0.25) is 14.9 Å². The number of alkyl halides is 3. The molecule has 0 bridgehead atoms. The molecule has 132 valence electrons. The van der Waals surface area contributed by atoms with Crippen molar-refractivity contribution in [3.63, 3.8) is 0 Å². The van der Waals surface area contributed by atoms with Crippen LogP contribution in [0.25, 0.3) is 0 Å². The number of carbonyl (C=O) groups excluding carboxylic acids is 1. The van der Waals surface area contributed by atoms with Crippen molar-refractivity contribution in [2.75, 3.05) is 11.1 Å². The molecule has 25 heavy (non-hydrogen) atoms. The predicted molar refractivity (Wildman–Crippen MR) is 86.7 cm³/mol. The summed E-state index contributed by atoms with van der Waals surface area (Å²) >= 11 is 6.41. The van der Waals surface area contributed by atoms with Gasteiger partial charge < -0.3 is 5.32 Å². The molecule has 0 fully saturated rings. The van der Waals surface area contributed by atoms with Gasteiger partial charge in [-0.15, -0.1) is 11.8 Å². The number of carbonyl (C=O) groups is 1. The van der Waals surface area contributed by atoms with Crippen LogP contribution in [0.15, 0.2) is 41.4 Å². The van der Waals surface area contributed by atoms with Crippen molar-refractivity contribution in [3.8, 4) is 0 Å². The average Bonchev–Trinajstić information content (AvgIpc) is 2.54. The van der Waals surface area contributed by atoms with E-state index < -0.39 is 28.3 Å². The van der Waals surface area contributed by atoms with E-state index in [-0.39, 0.29) is 16.5 Å². The number of hydrogen-bond donors (Lipinski definition) is 1. The molecule has 2 rings (SSSR count). The highest BCUT2D eigenvalue weighted by atomic mass is 35.5. The Morgan fingerprint density at radius 3 is 2.60 bits per heavy atom. The highest BCUT2D eigenvalue weighted by Gasteiger charge is 2.33. The molecule has 2 aromatic rings. The number of aromatic nitrogens is 1. The average molecular weight is 392 g/mol. The highest BCUT2D eigenvalue weighted by Crippen LogP contribution is 2.36. The summed E-state index contributed by atoms with van der Waals surface area (Å²) in [6.07, 6.45) is -3.36. The molecule has 1 aromatic carbocycles. The molecule has 1 amide bonds. The standard InChI is InChI=1S/C14H9ClF3N3O3S/c15-9-2-4-12(19-6-9)20-13(22)7-25-11-3-1-8(14(16,17)18)5-10(11)21(23)24/h1-6H,7H2,(H,19,20,22). The number of nitrogens with zero attached hydrogens (tertiary/aromatic N) is 2. The Labute approximate surface area is 148 Å². The first-order valence-corrected chi connectivity index (χ1v) is 7.93. The highest BCUT2D eigenvalue weighted by molar-refractivity contribution is 8.00. The monoisotopic (exact) mass is 391 g/mol. The Morgan fingerprint density at radius 2 is 2.04 bits per heavy atom. The minimum atomic E-state index is -4.69. The number of thioether (sulfide) groups is 1. The molecule has 0 radical (unpaired) electrons. The van der Waals surface area contributed by atoms with Gasteiger partial charge in [0.15, 0.2) is 0 Å². The van der Waals surface area contributed by atoms with Crippen molar-refractivity contribution in [3.05, 3.63) is 57.2 Å². The fraction of sp³-hybridized carbons (Fsp3) is 0.143. The molecule has 6 nitrogen and oxygen atoms in total. The SMILES string of the molecule is O=C(CSc1ccc(C(F)(F)F)cc1[N+](=O)[O-])Nc1ccc(Cl)cn1. The zero-order chi connectivity index (χ0) is 18.6. The molecule has 1 heterocycles. The second-order valence-corrected chi connectivity index (χ2v) is 6.09. The molecule has 0 unspecified atom stereocenters. The summed E-state index contributed by atoms with van der Waals surface area (Å²) in [6.45, 7) is 0. The van der Waals surface area contributed by atoms with Gasteiger partial charge >= 0.3 is 6.18 Å². The van der Waals surface area contributed by atoms with E-state index in [2.05, 4.69) is 10.3 Å². The normalized spacial score (nSPS) is 11.2. The second kappa shape index (κ2) is 7.70. The minimum Gasteiger partial charge on any atom is -0.310 e. The Kier molecular flexibility index (Phi) is 5.85. The van der Waals surface area contributed by atoms with E-state index >= 15 is 0 Å². The van der Waals surface area contributed by atoms with Gasteiger partial charge in [-0.25, -0.2) is 4.98 Å². The van der Waals surface area contributed by atoms with Crippen molar-refractivity contribution in [1.29, 1.82) is 0 Å². The van der Waals surface area contributed by atoms with Gasteiger partial charge in [0.2, 0.25) is 5.91 Å². The molecule has 0 saturated carbocycles. The van der Waals surface area contributed by atoms with E-state index in [0.717, 1.165) is 23.9 Å². The lowest BCUT2D eigenvalue weighted by atomic mass is 10.2.